The van der Waals surface area contributed by atoms with E-state index < -0.39 is 40.7 Å². The molecule has 3 amide bonds. The number of amides is 3. The van der Waals surface area contributed by atoms with Crippen molar-refractivity contribution < 1.29 is 24.3 Å². The Balaban J connectivity index is 1.83. The van der Waals surface area contributed by atoms with Gasteiger partial charge < -0.3 is 20.6 Å². The van der Waals surface area contributed by atoms with Gasteiger partial charge in [0.05, 0.1) is 0 Å². The van der Waals surface area contributed by atoms with Gasteiger partial charge in [-0.05, 0) is 43.7 Å². The standard InChI is InChI=1S/C25H35N3O5S/c1-7-14(4)18(24(32)33)27-20(29)17(12-13(2)3)26-21(30)19-25(5,6)34-23-16-11-9-8-10-15(16)22(31)28(19)23/h8-11,13-14,17-19,23H,7,12H2,1-6H3,(H,26,30)(H,27,29)(H,32,33)/t14-,17-,18-,19+,23+/m0/s1. The van der Waals surface area contributed by atoms with Gasteiger partial charge in [0.15, 0.2) is 0 Å². The summed E-state index contributed by atoms with van der Waals surface area (Å²) in [6.07, 6.45) is 0.938. The van der Waals surface area contributed by atoms with E-state index in [9.17, 15) is 24.3 Å². The van der Waals surface area contributed by atoms with Crippen LogP contribution in [0.2, 0.25) is 0 Å². The highest BCUT2D eigenvalue weighted by Gasteiger charge is 2.57. The molecule has 0 bridgehead atoms. The number of nitrogens with one attached hydrogen (secondary N) is 2. The van der Waals surface area contributed by atoms with Crippen molar-refractivity contribution in [3.8, 4) is 0 Å². The van der Waals surface area contributed by atoms with Gasteiger partial charge in [0.2, 0.25) is 11.8 Å². The Morgan fingerprint density at radius 2 is 1.79 bits per heavy atom. The van der Waals surface area contributed by atoms with Crippen molar-refractivity contribution >= 4 is 35.5 Å². The fourth-order valence-electron chi connectivity index (χ4n) is 4.70. The molecular formula is C25H35N3O5S. The largest absolute Gasteiger partial charge is 0.480 e. The molecular weight excluding hydrogens is 454 g/mol. The molecule has 0 radical (unpaired) electrons. The van der Waals surface area contributed by atoms with Crippen LogP contribution in [-0.4, -0.2) is 56.6 Å². The number of hydrogen-bond donors (Lipinski definition) is 3. The highest BCUT2D eigenvalue weighted by atomic mass is 32.2. The molecule has 0 spiro atoms. The van der Waals surface area contributed by atoms with Crippen molar-refractivity contribution in [1.82, 2.24) is 15.5 Å². The molecule has 9 heteroatoms. The molecule has 1 saturated heterocycles. The number of aliphatic carboxylic acids is 1. The molecule has 0 saturated carbocycles. The zero-order chi connectivity index (χ0) is 25.4. The summed E-state index contributed by atoms with van der Waals surface area (Å²) < 4.78 is -0.572. The topological polar surface area (TPSA) is 116 Å². The molecule has 2 aliphatic rings. The van der Waals surface area contributed by atoms with E-state index in [4.69, 9.17) is 0 Å². The van der Waals surface area contributed by atoms with Gasteiger partial charge in [0.25, 0.3) is 5.91 Å². The Morgan fingerprint density at radius 1 is 1.15 bits per heavy atom. The van der Waals surface area contributed by atoms with Crippen molar-refractivity contribution in [3.63, 3.8) is 0 Å². The summed E-state index contributed by atoms with van der Waals surface area (Å²) in [6.45, 7) is 11.4. The minimum atomic E-state index is -1.10. The second-order valence-corrected chi connectivity index (χ2v) is 11.9. The minimum Gasteiger partial charge on any atom is -0.480 e. The van der Waals surface area contributed by atoms with E-state index in [1.54, 1.807) is 29.7 Å². The van der Waals surface area contributed by atoms with E-state index in [1.165, 1.54) is 0 Å². The first-order chi connectivity index (χ1) is 15.9. The molecule has 2 aliphatic heterocycles. The van der Waals surface area contributed by atoms with Crippen LogP contribution in [0.25, 0.3) is 0 Å². The lowest BCUT2D eigenvalue weighted by molar-refractivity contribution is -0.144. The van der Waals surface area contributed by atoms with E-state index in [2.05, 4.69) is 10.6 Å². The Hall–Kier alpha value is -2.55. The van der Waals surface area contributed by atoms with Crippen LogP contribution < -0.4 is 10.6 Å². The first-order valence-corrected chi connectivity index (χ1v) is 12.7. The summed E-state index contributed by atoms with van der Waals surface area (Å²) in [5.74, 6) is -2.40. The van der Waals surface area contributed by atoms with Crippen LogP contribution in [-0.2, 0) is 14.4 Å². The van der Waals surface area contributed by atoms with E-state index in [0.29, 0.717) is 18.4 Å². The number of carbonyl (C=O) groups is 4. The van der Waals surface area contributed by atoms with Gasteiger partial charge in [-0.25, -0.2) is 4.79 Å². The van der Waals surface area contributed by atoms with E-state index in [-0.39, 0.29) is 23.1 Å². The fraction of sp³-hybridized carbons (Fsp3) is 0.600. The molecule has 5 atom stereocenters. The second kappa shape index (κ2) is 9.98. The summed E-state index contributed by atoms with van der Waals surface area (Å²) in [5.41, 5.74) is 1.50. The minimum absolute atomic E-state index is 0.0827. The van der Waals surface area contributed by atoms with Crippen LogP contribution >= 0.6 is 11.8 Å². The Morgan fingerprint density at radius 3 is 2.38 bits per heavy atom. The predicted octanol–water partition coefficient (Wildman–Crippen LogP) is 3.18. The lowest BCUT2D eigenvalue weighted by atomic mass is 9.96. The molecule has 3 N–H and O–H groups in total. The maximum atomic E-state index is 13.6. The van der Waals surface area contributed by atoms with Crippen molar-refractivity contribution in [2.75, 3.05) is 0 Å². The Kier molecular flexibility index (Phi) is 7.65. The maximum absolute atomic E-state index is 13.6. The first kappa shape index (κ1) is 26.1. The molecule has 186 valence electrons. The first-order valence-electron chi connectivity index (χ1n) is 11.8. The number of benzene rings is 1. The lowest BCUT2D eigenvalue weighted by Gasteiger charge is -2.32. The Bertz CT molecular complexity index is 979. The molecule has 0 aromatic heterocycles. The molecule has 1 aromatic rings. The van der Waals surface area contributed by atoms with Gasteiger partial charge in [-0.2, -0.15) is 0 Å². The average Bonchev–Trinajstić information content (AvgIpc) is 3.19. The molecule has 1 aromatic carbocycles. The van der Waals surface area contributed by atoms with Crippen molar-refractivity contribution in [2.24, 2.45) is 11.8 Å². The molecule has 34 heavy (non-hydrogen) atoms. The molecule has 1 fully saturated rings. The molecule has 0 aliphatic carbocycles. The lowest BCUT2D eigenvalue weighted by Crippen LogP contribution is -2.59. The van der Waals surface area contributed by atoms with E-state index >= 15 is 0 Å². The molecule has 8 nitrogen and oxygen atoms in total. The number of carbonyl (C=O) groups excluding carboxylic acids is 3. The van der Waals surface area contributed by atoms with Gasteiger partial charge in [0, 0.05) is 10.3 Å². The van der Waals surface area contributed by atoms with Crippen LogP contribution in [0, 0.1) is 11.8 Å². The van der Waals surface area contributed by atoms with Crippen LogP contribution in [0.4, 0.5) is 0 Å². The summed E-state index contributed by atoms with van der Waals surface area (Å²) in [5, 5.41) is 14.8. The van der Waals surface area contributed by atoms with E-state index in [0.717, 1.165) is 5.56 Å². The SMILES string of the molecule is CC[C@H](C)[C@H](NC(=O)[C@H](CC(C)C)NC(=O)[C@H]1N2C(=O)c3ccccc3[C@H]2SC1(C)C)C(=O)O. The monoisotopic (exact) mass is 489 g/mol. The Labute approximate surface area is 205 Å². The zero-order valence-electron chi connectivity index (χ0n) is 20.6. The highest BCUT2D eigenvalue weighted by molar-refractivity contribution is 8.01. The van der Waals surface area contributed by atoms with Gasteiger partial charge in [-0.15, -0.1) is 11.8 Å². The van der Waals surface area contributed by atoms with Gasteiger partial charge in [-0.3, -0.25) is 14.4 Å². The summed E-state index contributed by atoms with van der Waals surface area (Å²) in [6, 6.07) is 4.67. The van der Waals surface area contributed by atoms with Gasteiger partial charge in [-0.1, -0.05) is 52.3 Å². The number of nitrogens with zero attached hydrogens (tertiary/aromatic N) is 1. The number of rotatable bonds is 9. The van der Waals surface area contributed by atoms with Crippen molar-refractivity contribution in [2.45, 2.75) is 82.6 Å². The predicted molar refractivity (Wildman–Crippen MR) is 131 cm³/mol. The fourth-order valence-corrected chi connectivity index (χ4v) is 6.28. The normalized spacial score (nSPS) is 23.1. The number of carboxylic acids is 1. The second-order valence-electron chi connectivity index (χ2n) is 10.2. The molecule has 2 heterocycles. The number of thioether (sulfide) groups is 1. The number of fused-ring (bicyclic) bond motifs is 3. The van der Waals surface area contributed by atoms with Crippen LogP contribution in [0.3, 0.4) is 0 Å². The molecule has 0 unspecified atom stereocenters. The average molecular weight is 490 g/mol. The summed E-state index contributed by atoms with van der Waals surface area (Å²) >= 11 is 1.56. The number of carboxylic acid groups (broad SMARTS) is 1. The maximum Gasteiger partial charge on any atom is 0.326 e. The smallest absolute Gasteiger partial charge is 0.326 e. The highest BCUT2D eigenvalue weighted by Crippen LogP contribution is 2.56. The third-order valence-corrected chi connectivity index (χ3v) is 8.20. The van der Waals surface area contributed by atoms with Crippen molar-refractivity contribution in [3.05, 3.63) is 35.4 Å². The molecule has 3 rings (SSSR count). The van der Waals surface area contributed by atoms with Crippen LogP contribution in [0.1, 0.15) is 75.7 Å². The summed E-state index contributed by atoms with van der Waals surface area (Å²) in [4.78, 5) is 53.2. The summed E-state index contributed by atoms with van der Waals surface area (Å²) in [7, 11) is 0. The third kappa shape index (κ3) is 4.94. The number of hydrogen-bond acceptors (Lipinski definition) is 5. The van der Waals surface area contributed by atoms with E-state index in [1.807, 2.05) is 52.8 Å². The van der Waals surface area contributed by atoms with Gasteiger partial charge in [0.1, 0.15) is 23.5 Å². The van der Waals surface area contributed by atoms with Crippen LogP contribution in [0.15, 0.2) is 24.3 Å². The third-order valence-electron chi connectivity index (χ3n) is 6.66. The quantitative estimate of drug-likeness (QED) is 0.491. The van der Waals surface area contributed by atoms with Gasteiger partial charge >= 0.3 is 5.97 Å². The van der Waals surface area contributed by atoms with Crippen molar-refractivity contribution in [1.29, 1.82) is 0 Å². The van der Waals surface area contributed by atoms with Crippen LogP contribution in [0.5, 0.6) is 0 Å². The zero-order valence-corrected chi connectivity index (χ0v) is 21.4.